The molecule has 6 nitrogen and oxygen atoms in total. The summed E-state index contributed by atoms with van der Waals surface area (Å²) in [6.07, 6.45) is 0. The molecule has 38 heavy (non-hydrogen) atoms. The highest BCUT2D eigenvalue weighted by atomic mass is 79.9. The van der Waals surface area contributed by atoms with E-state index in [1.165, 1.54) is 21.6 Å². The zero-order valence-electron chi connectivity index (χ0n) is 19.6. The smallest absolute Gasteiger partial charge is 0.207 e. The van der Waals surface area contributed by atoms with Crippen molar-refractivity contribution in [1.82, 2.24) is 29.5 Å². The Morgan fingerprint density at radius 2 is 0.816 bits per heavy atom. The third-order valence-corrected chi connectivity index (χ3v) is 8.80. The molecule has 0 saturated heterocycles. The largest absolute Gasteiger partial charge is 0.269 e. The van der Waals surface area contributed by atoms with Crippen molar-refractivity contribution in [2.45, 2.75) is 10.3 Å². The molecule has 0 amide bonds. The molecule has 0 radical (unpaired) electrons. The molecule has 0 unspecified atom stereocenters. The first-order chi connectivity index (χ1) is 18.7. The van der Waals surface area contributed by atoms with Crippen molar-refractivity contribution >= 4 is 53.4 Å². The highest BCUT2D eigenvalue weighted by molar-refractivity contribution is 9.10. The van der Waals surface area contributed by atoms with Gasteiger partial charge in [0.15, 0.2) is 11.6 Å². The first-order valence-electron chi connectivity index (χ1n) is 11.6. The van der Waals surface area contributed by atoms with Crippen LogP contribution in [0.2, 0.25) is 0 Å². The van der Waals surface area contributed by atoms with Crippen LogP contribution in [0.15, 0.2) is 128 Å². The zero-order valence-corrected chi connectivity index (χ0v) is 24.5. The molecule has 6 rings (SSSR count). The first-order valence-corrected chi connectivity index (χ1v) is 15.3. The molecule has 10 heteroatoms. The van der Waals surface area contributed by atoms with Crippen molar-refractivity contribution in [3.8, 4) is 34.2 Å². The van der Waals surface area contributed by atoms with Gasteiger partial charge in [0.2, 0.25) is 10.3 Å². The van der Waals surface area contributed by atoms with Crippen LogP contribution < -0.4 is 0 Å². The number of aromatic nitrogens is 6. The fraction of sp³-hybridized carbons (Fsp3) is 0. The number of rotatable bonds is 7. The minimum Gasteiger partial charge on any atom is -0.269 e. The summed E-state index contributed by atoms with van der Waals surface area (Å²) in [5.41, 5.74) is 3.93. The van der Waals surface area contributed by atoms with Gasteiger partial charge in [0.25, 0.3) is 0 Å². The third kappa shape index (κ3) is 5.22. The van der Waals surface area contributed by atoms with Crippen LogP contribution in [0.5, 0.6) is 0 Å². The van der Waals surface area contributed by atoms with E-state index in [0.29, 0.717) is 0 Å². The number of benzene rings is 4. The lowest BCUT2D eigenvalue weighted by Gasteiger charge is -2.11. The van der Waals surface area contributed by atoms with Gasteiger partial charge in [-0.05, 0) is 70.1 Å². The predicted molar refractivity (Wildman–Crippen MR) is 161 cm³/mol. The number of halogens is 2. The Hall–Kier alpha value is -3.18. The lowest BCUT2D eigenvalue weighted by molar-refractivity contribution is 0.885. The molecule has 186 valence electrons. The van der Waals surface area contributed by atoms with Gasteiger partial charge >= 0.3 is 0 Å². The lowest BCUT2D eigenvalue weighted by Crippen LogP contribution is -2.00. The van der Waals surface area contributed by atoms with E-state index in [4.69, 9.17) is 0 Å². The zero-order chi connectivity index (χ0) is 25.9. The van der Waals surface area contributed by atoms with E-state index in [0.717, 1.165) is 53.4 Å². The van der Waals surface area contributed by atoms with Crippen LogP contribution in [0.1, 0.15) is 0 Å². The molecule has 2 heterocycles. The first kappa shape index (κ1) is 25.1. The van der Waals surface area contributed by atoms with E-state index in [1.54, 1.807) is 0 Å². The van der Waals surface area contributed by atoms with Crippen molar-refractivity contribution in [1.29, 1.82) is 0 Å². The Labute approximate surface area is 244 Å². The minimum absolute atomic E-state index is 0.743. The Morgan fingerprint density at radius 3 is 1.18 bits per heavy atom. The van der Waals surface area contributed by atoms with Gasteiger partial charge in [0, 0.05) is 31.4 Å². The molecule has 6 aromatic rings. The highest BCUT2D eigenvalue weighted by Gasteiger charge is 2.21. The van der Waals surface area contributed by atoms with Crippen molar-refractivity contribution < 1.29 is 0 Å². The fourth-order valence-electron chi connectivity index (χ4n) is 3.91. The number of para-hydroxylation sites is 2. The molecular weight excluding hydrogens is 644 g/mol. The van der Waals surface area contributed by atoms with Gasteiger partial charge in [-0.3, -0.25) is 9.13 Å². The van der Waals surface area contributed by atoms with Crippen LogP contribution >= 0.6 is 53.4 Å². The second-order valence-electron chi connectivity index (χ2n) is 8.13. The molecule has 0 atom stereocenters. The molecule has 2 aromatic heterocycles. The molecule has 0 fully saturated rings. The van der Waals surface area contributed by atoms with Crippen molar-refractivity contribution in [3.63, 3.8) is 0 Å². The summed E-state index contributed by atoms with van der Waals surface area (Å²) in [7, 11) is 3.00. The van der Waals surface area contributed by atoms with E-state index >= 15 is 0 Å². The molecule has 0 aliphatic carbocycles. The van der Waals surface area contributed by atoms with E-state index in [1.807, 2.05) is 84.9 Å². The predicted octanol–water partition coefficient (Wildman–Crippen LogP) is 8.51. The summed E-state index contributed by atoms with van der Waals surface area (Å²) in [6, 6.07) is 36.4. The van der Waals surface area contributed by atoms with Crippen molar-refractivity contribution in [2.75, 3.05) is 0 Å². The molecule has 0 saturated carbocycles. The second-order valence-corrected chi connectivity index (χ2v) is 12.0. The maximum Gasteiger partial charge on any atom is 0.207 e. The Morgan fingerprint density at radius 1 is 0.447 bits per heavy atom. The van der Waals surface area contributed by atoms with Gasteiger partial charge in [0.05, 0.1) is 0 Å². The fourth-order valence-corrected chi connectivity index (χ4v) is 6.37. The molecule has 0 bridgehead atoms. The van der Waals surface area contributed by atoms with Gasteiger partial charge in [-0.25, -0.2) is 0 Å². The Balaban J connectivity index is 1.39. The summed E-state index contributed by atoms with van der Waals surface area (Å²) in [5, 5.41) is 19.7. The standard InChI is InChI=1S/C28H18Br2N6S2/c29-21-15-11-19(12-16-21)25-31-33-27(35(25)23-7-3-1-4-8-23)37-38-28-34-32-26(20-13-17-22(30)18-14-20)36(28)24-9-5-2-6-10-24/h1-18H. The molecular formula is C28H18Br2N6S2. The van der Waals surface area contributed by atoms with Crippen LogP contribution in [-0.2, 0) is 0 Å². The minimum atomic E-state index is 0.743. The van der Waals surface area contributed by atoms with Gasteiger partial charge in [-0.2, -0.15) is 0 Å². The van der Waals surface area contributed by atoms with E-state index < -0.39 is 0 Å². The molecule has 0 spiro atoms. The summed E-state index contributed by atoms with van der Waals surface area (Å²) in [6.45, 7) is 0. The third-order valence-electron chi connectivity index (χ3n) is 5.69. The van der Waals surface area contributed by atoms with Crippen LogP contribution in [0.3, 0.4) is 0 Å². The number of hydrogen-bond acceptors (Lipinski definition) is 6. The topological polar surface area (TPSA) is 61.4 Å². The second kappa shape index (κ2) is 11.3. The SMILES string of the molecule is Brc1ccc(-c2nnc(SSc3nnc(-c4ccc(Br)cc4)n3-c3ccccc3)n2-c2ccccc2)cc1. The average Bonchev–Trinajstić information content (AvgIpc) is 3.58. The van der Waals surface area contributed by atoms with Crippen LogP contribution in [0.4, 0.5) is 0 Å². The normalized spacial score (nSPS) is 11.1. The van der Waals surface area contributed by atoms with Crippen LogP contribution in [0, 0.1) is 0 Å². The highest BCUT2D eigenvalue weighted by Crippen LogP contribution is 2.40. The number of nitrogens with zero attached hydrogens (tertiary/aromatic N) is 6. The van der Waals surface area contributed by atoms with E-state index in [-0.39, 0.29) is 0 Å². The van der Waals surface area contributed by atoms with Crippen molar-refractivity contribution in [3.05, 3.63) is 118 Å². The van der Waals surface area contributed by atoms with Crippen LogP contribution in [0.25, 0.3) is 34.2 Å². The Bertz CT molecular complexity index is 1540. The van der Waals surface area contributed by atoms with Gasteiger partial charge in [0.1, 0.15) is 0 Å². The maximum atomic E-state index is 4.56. The summed E-state index contributed by atoms with van der Waals surface area (Å²) < 4.78 is 6.16. The average molecular weight is 662 g/mol. The van der Waals surface area contributed by atoms with E-state index in [9.17, 15) is 0 Å². The molecule has 4 aromatic carbocycles. The van der Waals surface area contributed by atoms with E-state index in [2.05, 4.69) is 85.7 Å². The van der Waals surface area contributed by atoms with Crippen molar-refractivity contribution in [2.24, 2.45) is 0 Å². The maximum absolute atomic E-state index is 4.56. The van der Waals surface area contributed by atoms with Crippen LogP contribution in [-0.4, -0.2) is 29.5 Å². The molecule has 0 aliphatic rings. The lowest BCUT2D eigenvalue weighted by atomic mass is 10.2. The summed E-state index contributed by atoms with van der Waals surface area (Å²) in [4.78, 5) is 0. The monoisotopic (exact) mass is 660 g/mol. The summed E-state index contributed by atoms with van der Waals surface area (Å²) in [5.74, 6) is 1.54. The number of hydrogen-bond donors (Lipinski definition) is 0. The summed E-state index contributed by atoms with van der Waals surface area (Å²) >= 11 is 7.04. The molecule has 0 aliphatic heterocycles. The van der Waals surface area contributed by atoms with Gasteiger partial charge in [-0.1, -0.05) is 92.5 Å². The quantitative estimate of drug-likeness (QED) is 0.160. The van der Waals surface area contributed by atoms with Gasteiger partial charge in [-0.15, -0.1) is 20.4 Å². The molecule has 0 N–H and O–H groups in total. The van der Waals surface area contributed by atoms with Gasteiger partial charge < -0.3 is 0 Å². The Kier molecular flexibility index (Phi) is 7.46.